The van der Waals surface area contributed by atoms with E-state index in [0.717, 1.165) is 0 Å². The van der Waals surface area contributed by atoms with Gasteiger partial charge in [0.25, 0.3) is 0 Å². The molecule has 92 valence electrons. The molecule has 0 fully saturated rings. The van der Waals surface area contributed by atoms with Gasteiger partial charge in [-0.2, -0.15) is 0 Å². The first-order valence-electron chi connectivity index (χ1n) is 5.58. The van der Waals surface area contributed by atoms with Crippen LogP contribution < -0.4 is 0 Å². The largest absolute Gasteiger partial charge is 0.462 e. The zero-order valence-electron chi connectivity index (χ0n) is 9.88. The number of carbonyl (C=O) groups is 2. The Balaban J connectivity index is 2.39. The third-order valence-electron chi connectivity index (χ3n) is 2.41. The lowest BCUT2D eigenvalue weighted by Crippen LogP contribution is -2.11. The van der Waals surface area contributed by atoms with Crippen molar-refractivity contribution in [3.05, 3.63) is 57.8 Å². The van der Waals surface area contributed by atoms with Gasteiger partial charge in [0.05, 0.1) is 17.0 Å². The smallest absolute Gasteiger partial charge is 0.338 e. The molecule has 0 N–H and O–H groups in total. The van der Waals surface area contributed by atoms with E-state index >= 15 is 0 Å². The second-order valence-electron chi connectivity index (χ2n) is 3.57. The van der Waals surface area contributed by atoms with Crippen molar-refractivity contribution in [2.24, 2.45) is 0 Å². The Bertz CT molecular complexity index is 558. The van der Waals surface area contributed by atoms with Crippen LogP contribution in [0, 0.1) is 0 Å². The molecule has 0 spiro atoms. The Morgan fingerprint density at radius 1 is 1.11 bits per heavy atom. The number of ether oxygens (including phenoxy) is 1. The van der Waals surface area contributed by atoms with E-state index < -0.39 is 5.97 Å². The van der Waals surface area contributed by atoms with Gasteiger partial charge >= 0.3 is 5.97 Å². The van der Waals surface area contributed by atoms with Crippen molar-refractivity contribution in [1.82, 2.24) is 0 Å². The van der Waals surface area contributed by atoms with Crippen molar-refractivity contribution in [3.8, 4) is 0 Å². The quantitative estimate of drug-likeness (QED) is 0.626. The summed E-state index contributed by atoms with van der Waals surface area (Å²) in [4.78, 5) is 24.6. The second kappa shape index (κ2) is 5.60. The van der Waals surface area contributed by atoms with E-state index in [-0.39, 0.29) is 5.78 Å². The molecule has 0 atom stereocenters. The molecule has 18 heavy (non-hydrogen) atoms. The van der Waals surface area contributed by atoms with Crippen molar-refractivity contribution in [2.75, 3.05) is 6.61 Å². The second-order valence-corrected chi connectivity index (χ2v) is 4.52. The Labute approximate surface area is 109 Å². The van der Waals surface area contributed by atoms with Gasteiger partial charge < -0.3 is 4.74 Å². The molecule has 0 aliphatic heterocycles. The van der Waals surface area contributed by atoms with Gasteiger partial charge in [-0.15, -0.1) is 11.3 Å². The third-order valence-corrected chi connectivity index (χ3v) is 3.28. The molecule has 1 aromatic heterocycles. The Hall–Kier alpha value is -1.94. The van der Waals surface area contributed by atoms with Crippen molar-refractivity contribution >= 4 is 23.1 Å². The van der Waals surface area contributed by atoms with E-state index in [1.54, 1.807) is 37.3 Å². The van der Waals surface area contributed by atoms with Crippen molar-refractivity contribution in [3.63, 3.8) is 0 Å². The topological polar surface area (TPSA) is 43.4 Å². The molecule has 2 rings (SSSR count). The minimum atomic E-state index is -0.460. The number of esters is 1. The highest BCUT2D eigenvalue weighted by atomic mass is 32.1. The third kappa shape index (κ3) is 2.49. The van der Waals surface area contributed by atoms with Crippen LogP contribution >= 0.6 is 11.3 Å². The summed E-state index contributed by atoms with van der Waals surface area (Å²) in [6.07, 6.45) is 0. The van der Waals surface area contributed by atoms with Gasteiger partial charge in [0.1, 0.15) is 0 Å². The fourth-order valence-corrected chi connectivity index (χ4v) is 2.29. The van der Waals surface area contributed by atoms with E-state index in [4.69, 9.17) is 4.74 Å². The van der Waals surface area contributed by atoms with Crippen LogP contribution in [0.15, 0.2) is 41.8 Å². The molecule has 4 heteroatoms. The van der Waals surface area contributed by atoms with Crippen LogP contribution in [0.2, 0.25) is 0 Å². The van der Waals surface area contributed by atoms with Crippen LogP contribution in [0.25, 0.3) is 0 Å². The molecule has 0 aliphatic carbocycles. The summed E-state index contributed by atoms with van der Waals surface area (Å²) in [6, 6.07) is 10.3. The van der Waals surface area contributed by atoms with E-state index in [0.29, 0.717) is 22.6 Å². The van der Waals surface area contributed by atoms with Gasteiger partial charge in [0.2, 0.25) is 5.78 Å². The lowest BCUT2D eigenvalue weighted by Gasteiger charge is -2.06. The average molecular weight is 260 g/mol. The Morgan fingerprint density at radius 2 is 1.83 bits per heavy atom. The first-order valence-corrected chi connectivity index (χ1v) is 6.46. The van der Waals surface area contributed by atoms with Crippen LogP contribution in [-0.2, 0) is 4.74 Å². The predicted octanol–water partition coefficient (Wildman–Crippen LogP) is 3.16. The maximum atomic E-state index is 12.2. The Morgan fingerprint density at radius 3 is 2.44 bits per heavy atom. The number of benzene rings is 1. The number of carbonyl (C=O) groups excluding carboxylic acids is 2. The van der Waals surface area contributed by atoms with Crippen LogP contribution in [0.4, 0.5) is 0 Å². The first-order chi connectivity index (χ1) is 8.74. The molecule has 0 saturated carbocycles. The van der Waals surface area contributed by atoms with Crippen LogP contribution in [0.1, 0.15) is 32.5 Å². The highest BCUT2D eigenvalue weighted by Crippen LogP contribution is 2.18. The van der Waals surface area contributed by atoms with Gasteiger partial charge in [-0.3, -0.25) is 4.79 Å². The van der Waals surface area contributed by atoms with Gasteiger partial charge in [0, 0.05) is 5.56 Å². The van der Waals surface area contributed by atoms with Crippen LogP contribution in [-0.4, -0.2) is 18.4 Å². The molecular formula is C14H12O3S. The number of hydrogen-bond acceptors (Lipinski definition) is 4. The molecule has 1 aromatic carbocycles. The van der Waals surface area contributed by atoms with Gasteiger partial charge in [0.15, 0.2) is 0 Å². The zero-order chi connectivity index (χ0) is 13.0. The molecule has 0 amide bonds. The van der Waals surface area contributed by atoms with E-state index in [1.165, 1.54) is 11.3 Å². The predicted molar refractivity (Wildman–Crippen MR) is 70.2 cm³/mol. The summed E-state index contributed by atoms with van der Waals surface area (Å²) in [5.74, 6) is -0.605. The van der Waals surface area contributed by atoms with E-state index in [1.807, 2.05) is 11.4 Å². The first kappa shape index (κ1) is 12.5. The average Bonchev–Trinajstić information content (AvgIpc) is 2.92. The fourth-order valence-electron chi connectivity index (χ4n) is 1.61. The normalized spacial score (nSPS) is 10.1. The zero-order valence-corrected chi connectivity index (χ0v) is 10.7. The molecule has 0 bridgehead atoms. The van der Waals surface area contributed by atoms with Gasteiger partial charge in [-0.25, -0.2) is 4.79 Å². The highest BCUT2D eigenvalue weighted by molar-refractivity contribution is 7.12. The Kier molecular flexibility index (Phi) is 3.89. The van der Waals surface area contributed by atoms with Crippen LogP contribution in [0.3, 0.4) is 0 Å². The maximum absolute atomic E-state index is 12.2. The minimum absolute atomic E-state index is 0.145. The molecule has 3 nitrogen and oxygen atoms in total. The number of ketones is 1. The van der Waals surface area contributed by atoms with Crippen LogP contribution in [0.5, 0.6) is 0 Å². The van der Waals surface area contributed by atoms with Crippen molar-refractivity contribution in [2.45, 2.75) is 6.92 Å². The van der Waals surface area contributed by atoms with E-state index in [9.17, 15) is 9.59 Å². The summed E-state index contributed by atoms with van der Waals surface area (Å²) in [6.45, 7) is 2.03. The monoisotopic (exact) mass is 260 g/mol. The van der Waals surface area contributed by atoms with E-state index in [2.05, 4.69) is 0 Å². The summed E-state index contributed by atoms with van der Waals surface area (Å²) in [7, 11) is 0. The van der Waals surface area contributed by atoms with Crippen molar-refractivity contribution < 1.29 is 14.3 Å². The lowest BCUT2D eigenvalue weighted by molar-refractivity contribution is 0.0523. The maximum Gasteiger partial charge on any atom is 0.338 e. The number of thiophene rings is 1. The number of rotatable bonds is 4. The molecule has 2 aromatic rings. The summed E-state index contributed by atoms with van der Waals surface area (Å²) >= 11 is 1.36. The molecule has 0 radical (unpaired) electrons. The number of hydrogen-bond donors (Lipinski definition) is 0. The molecule has 0 saturated heterocycles. The molecule has 0 unspecified atom stereocenters. The summed E-state index contributed by atoms with van der Waals surface area (Å²) in [5.41, 5.74) is 0.705. The molecule has 1 heterocycles. The minimum Gasteiger partial charge on any atom is -0.462 e. The highest BCUT2D eigenvalue weighted by Gasteiger charge is 2.19. The standard InChI is InChI=1S/C14H12O3S/c1-2-17-14(16)11-7-4-3-6-10(11)13(15)12-8-5-9-18-12/h3-9H,2H2,1H3. The molecular weight excluding hydrogens is 248 g/mol. The van der Waals surface area contributed by atoms with Gasteiger partial charge in [-0.1, -0.05) is 24.3 Å². The fraction of sp³-hybridized carbons (Fsp3) is 0.143. The summed E-state index contributed by atoms with van der Waals surface area (Å²) < 4.78 is 4.95. The SMILES string of the molecule is CCOC(=O)c1ccccc1C(=O)c1cccs1. The van der Waals surface area contributed by atoms with Gasteiger partial charge in [-0.05, 0) is 24.4 Å². The van der Waals surface area contributed by atoms with Crippen molar-refractivity contribution in [1.29, 1.82) is 0 Å². The molecule has 0 aliphatic rings. The summed E-state index contributed by atoms with van der Waals surface area (Å²) in [5, 5.41) is 1.83. The lowest BCUT2D eigenvalue weighted by atomic mass is 10.0.